The summed E-state index contributed by atoms with van der Waals surface area (Å²) in [7, 11) is 0. The first-order valence-corrected chi connectivity index (χ1v) is 16.6. The second-order valence-corrected chi connectivity index (χ2v) is 14.4. The van der Waals surface area contributed by atoms with Gasteiger partial charge in [0.1, 0.15) is 34.9 Å². The average molecular weight is 632 g/mol. The Balaban J connectivity index is 0.000000195. The number of aromatic amines is 2. The normalized spacial score (nSPS) is 13.1. The van der Waals surface area contributed by atoms with E-state index in [0.717, 1.165) is 56.9 Å². The Labute approximate surface area is 268 Å². The first kappa shape index (κ1) is 32.0. The van der Waals surface area contributed by atoms with Crippen LogP contribution in [-0.2, 0) is 24.1 Å². The lowest BCUT2D eigenvalue weighted by molar-refractivity contribution is -0.110. The molecule has 0 unspecified atom stereocenters. The van der Waals surface area contributed by atoms with E-state index in [9.17, 15) is 4.79 Å². The molecule has 0 radical (unpaired) electrons. The molecule has 0 amide bonds. The SMILES string of the molecule is CC(C)Cc1[nH]c2ncnc(Cl)c2c1C(C)C.CC(C)Cc1[nH]c2ncnc(Nc3ccc4c(c3)SC(=O)C4)c2c1C(C)C. The summed E-state index contributed by atoms with van der Waals surface area (Å²) in [5.74, 6) is 2.76. The number of rotatable bonds is 8. The molecule has 6 rings (SSSR count). The van der Waals surface area contributed by atoms with Crippen molar-refractivity contribution in [2.75, 3.05) is 5.32 Å². The monoisotopic (exact) mass is 631 g/mol. The smallest absolute Gasteiger partial charge is 0.198 e. The molecule has 5 aromatic rings. The number of carbonyl (C=O) groups is 1. The van der Waals surface area contributed by atoms with Gasteiger partial charge in [-0.05, 0) is 65.3 Å². The second kappa shape index (κ2) is 13.3. The molecule has 0 bridgehead atoms. The van der Waals surface area contributed by atoms with E-state index in [1.54, 1.807) is 6.33 Å². The van der Waals surface area contributed by atoms with Crippen molar-refractivity contribution in [3.05, 3.63) is 64.1 Å². The molecule has 3 N–H and O–H groups in total. The van der Waals surface area contributed by atoms with Gasteiger partial charge in [0, 0.05) is 28.4 Å². The van der Waals surface area contributed by atoms with Crippen LogP contribution >= 0.6 is 23.4 Å². The number of nitrogens with zero attached hydrogens (tertiary/aromatic N) is 4. The zero-order chi connectivity index (χ0) is 31.7. The van der Waals surface area contributed by atoms with E-state index in [1.165, 1.54) is 40.6 Å². The number of hydrogen-bond acceptors (Lipinski definition) is 7. The summed E-state index contributed by atoms with van der Waals surface area (Å²) in [6.07, 6.45) is 5.62. The van der Waals surface area contributed by atoms with Gasteiger partial charge in [-0.2, -0.15) is 0 Å². The van der Waals surface area contributed by atoms with E-state index in [0.29, 0.717) is 35.2 Å². The predicted molar refractivity (Wildman–Crippen MR) is 182 cm³/mol. The Hall–Kier alpha value is -3.43. The van der Waals surface area contributed by atoms with Gasteiger partial charge in [-0.3, -0.25) is 4.79 Å². The van der Waals surface area contributed by atoms with Crippen molar-refractivity contribution in [3.63, 3.8) is 0 Å². The van der Waals surface area contributed by atoms with Gasteiger partial charge in [-0.1, -0.05) is 84.8 Å². The van der Waals surface area contributed by atoms with Crippen LogP contribution in [0.1, 0.15) is 95.3 Å². The average Bonchev–Trinajstić information content (AvgIpc) is 3.60. The number of hydrogen-bond donors (Lipinski definition) is 3. The van der Waals surface area contributed by atoms with E-state index in [2.05, 4.69) is 90.6 Å². The van der Waals surface area contributed by atoms with Crippen LogP contribution in [0.3, 0.4) is 0 Å². The summed E-state index contributed by atoms with van der Waals surface area (Å²) < 4.78 is 0. The molecule has 8 nitrogen and oxygen atoms in total. The molecular weight excluding hydrogens is 590 g/mol. The zero-order valence-corrected chi connectivity index (χ0v) is 28.4. The molecule has 1 aliphatic heterocycles. The summed E-state index contributed by atoms with van der Waals surface area (Å²) in [6, 6.07) is 6.08. The molecule has 1 aliphatic rings. The number of H-pyrrole nitrogens is 2. The first-order valence-electron chi connectivity index (χ1n) is 15.4. The minimum atomic E-state index is 0.206. The van der Waals surface area contributed by atoms with Gasteiger partial charge < -0.3 is 15.3 Å². The Morgan fingerprint density at radius 2 is 1.39 bits per heavy atom. The molecule has 232 valence electrons. The highest BCUT2D eigenvalue weighted by atomic mass is 35.5. The van der Waals surface area contributed by atoms with Crippen LogP contribution in [-0.4, -0.2) is 35.0 Å². The predicted octanol–water partition coefficient (Wildman–Crippen LogP) is 9.13. The lowest BCUT2D eigenvalue weighted by atomic mass is 9.96. The van der Waals surface area contributed by atoms with Crippen molar-refractivity contribution in [2.45, 2.75) is 91.4 Å². The van der Waals surface area contributed by atoms with Gasteiger partial charge in [-0.15, -0.1) is 0 Å². The highest BCUT2D eigenvalue weighted by Gasteiger charge is 2.22. The second-order valence-electron chi connectivity index (χ2n) is 13.0. The maximum atomic E-state index is 11.7. The van der Waals surface area contributed by atoms with Crippen molar-refractivity contribution in [2.24, 2.45) is 11.8 Å². The number of thioether (sulfide) groups is 1. The molecule has 0 saturated heterocycles. The molecule has 44 heavy (non-hydrogen) atoms. The Morgan fingerprint density at radius 1 is 0.818 bits per heavy atom. The van der Waals surface area contributed by atoms with Crippen molar-refractivity contribution >= 4 is 62.1 Å². The highest BCUT2D eigenvalue weighted by Crippen LogP contribution is 2.38. The number of halogens is 1. The van der Waals surface area contributed by atoms with Crippen LogP contribution in [0.4, 0.5) is 11.5 Å². The van der Waals surface area contributed by atoms with Crippen LogP contribution in [0.2, 0.25) is 5.15 Å². The van der Waals surface area contributed by atoms with Gasteiger partial charge in [0.15, 0.2) is 5.12 Å². The van der Waals surface area contributed by atoms with Gasteiger partial charge in [0.05, 0.1) is 10.8 Å². The van der Waals surface area contributed by atoms with Gasteiger partial charge >= 0.3 is 0 Å². The Kier molecular flexibility index (Phi) is 9.65. The molecule has 0 aliphatic carbocycles. The van der Waals surface area contributed by atoms with Crippen LogP contribution in [0.25, 0.3) is 22.1 Å². The third kappa shape index (κ3) is 6.79. The van der Waals surface area contributed by atoms with Crippen LogP contribution in [0, 0.1) is 11.8 Å². The molecule has 0 atom stereocenters. The quantitative estimate of drug-likeness (QED) is 0.146. The molecule has 0 fully saturated rings. The summed E-state index contributed by atoms with van der Waals surface area (Å²) in [4.78, 5) is 36.9. The van der Waals surface area contributed by atoms with E-state index in [-0.39, 0.29) is 5.12 Å². The number of carbonyl (C=O) groups excluding carboxylic acids is 1. The summed E-state index contributed by atoms with van der Waals surface area (Å²) in [5.41, 5.74) is 8.80. The minimum absolute atomic E-state index is 0.206. The number of aromatic nitrogens is 6. The van der Waals surface area contributed by atoms with Gasteiger partial charge in [-0.25, -0.2) is 19.9 Å². The molecule has 10 heteroatoms. The fraction of sp³-hybridized carbons (Fsp3) is 0.441. The zero-order valence-electron chi connectivity index (χ0n) is 26.8. The van der Waals surface area contributed by atoms with Crippen molar-refractivity contribution in [3.8, 4) is 0 Å². The summed E-state index contributed by atoms with van der Waals surface area (Å²) in [5, 5.41) is 6.26. The molecular formula is C34H42ClN7OS. The summed E-state index contributed by atoms with van der Waals surface area (Å²) >= 11 is 7.51. The van der Waals surface area contributed by atoms with Crippen molar-refractivity contribution < 1.29 is 4.79 Å². The van der Waals surface area contributed by atoms with Crippen molar-refractivity contribution in [1.82, 2.24) is 29.9 Å². The Bertz CT molecular complexity index is 1800. The molecule has 4 aromatic heterocycles. The largest absolute Gasteiger partial charge is 0.343 e. The highest BCUT2D eigenvalue weighted by molar-refractivity contribution is 8.14. The fourth-order valence-electron chi connectivity index (χ4n) is 5.99. The third-order valence-corrected chi connectivity index (χ3v) is 8.90. The minimum Gasteiger partial charge on any atom is -0.343 e. The van der Waals surface area contributed by atoms with E-state index < -0.39 is 0 Å². The van der Waals surface area contributed by atoms with Gasteiger partial charge in [0.25, 0.3) is 0 Å². The van der Waals surface area contributed by atoms with Crippen LogP contribution < -0.4 is 5.32 Å². The molecule has 1 aromatic carbocycles. The maximum Gasteiger partial charge on any atom is 0.198 e. The van der Waals surface area contributed by atoms with Gasteiger partial charge in [0.2, 0.25) is 0 Å². The van der Waals surface area contributed by atoms with E-state index in [1.807, 2.05) is 18.2 Å². The van der Waals surface area contributed by atoms with E-state index in [4.69, 9.17) is 11.6 Å². The Morgan fingerprint density at radius 3 is 1.98 bits per heavy atom. The molecule has 5 heterocycles. The lowest BCUT2D eigenvalue weighted by Crippen LogP contribution is -2.01. The fourth-order valence-corrected chi connectivity index (χ4v) is 7.15. The van der Waals surface area contributed by atoms with Crippen LogP contribution in [0.15, 0.2) is 35.7 Å². The standard InChI is InChI=1S/C21H24N4OS.C13H18ClN3/c1-11(2)7-15-18(12(3)4)19-20(22-10-23-21(19)25-15)24-14-6-5-13-8-17(26)27-16(13)9-14;1-7(2)5-9-10(8(3)4)11-12(14)15-6-16-13(11)17-9/h5-6,9-12H,7-8H2,1-4H3,(H2,22,23,24,25);6-8H,5H2,1-4H3,(H,15,16,17). The summed E-state index contributed by atoms with van der Waals surface area (Å²) in [6.45, 7) is 17.6. The maximum absolute atomic E-state index is 11.7. The van der Waals surface area contributed by atoms with Crippen molar-refractivity contribution in [1.29, 1.82) is 0 Å². The number of nitrogens with one attached hydrogen (secondary N) is 3. The lowest BCUT2D eigenvalue weighted by Gasteiger charge is -2.13. The van der Waals surface area contributed by atoms with Crippen LogP contribution in [0.5, 0.6) is 0 Å². The molecule has 0 spiro atoms. The number of anilines is 2. The third-order valence-electron chi connectivity index (χ3n) is 7.64. The first-order chi connectivity index (χ1) is 20.9. The topological polar surface area (TPSA) is 112 Å². The number of benzene rings is 1. The number of fused-ring (bicyclic) bond motifs is 3. The molecule has 0 saturated carbocycles. The van der Waals surface area contributed by atoms with E-state index >= 15 is 0 Å².